The molecular weight excluding hydrogens is 276 g/mol. The van der Waals surface area contributed by atoms with Crippen LogP contribution in [0.15, 0.2) is 0 Å². The molecular formula is C12H27PRu+2. The van der Waals surface area contributed by atoms with Crippen LogP contribution >= 0.6 is 7.92 Å². The van der Waals surface area contributed by atoms with Crippen molar-refractivity contribution in [3.8, 4) is 0 Å². The maximum absolute atomic E-state index is 2.31. The van der Waals surface area contributed by atoms with Gasteiger partial charge in [0.25, 0.3) is 0 Å². The second kappa shape index (κ2) is 14.1. The van der Waals surface area contributed by atoms with Crippen LogP contribution in [0.3, 0.4) is 0 Å². The van der Waals surface area contributed by atoms with Crippen molar-refractivity contribution in [2.24, 2.45) is 0 Å². The van der Waals surface area contributed by atoms with E-state index in [-0.39, 0.29) is 19.5 Å². The number of rotatable bonds is 9. The Bertz CT molecular complexity index is 77.3. The fourth-order valence-corrected chi connectivity index (χ4v) is 4.44. The van der Waals surface area contributed by atoms with Gasteiger partial charge in [-0.05, 0) is 37.7 Å². The SMILES string of the molecule is CCCCP(CCCC)CCCC.[Ru+2]. The molecule has 0 saturated heterocycles. The summed E-state index contributed by atoms with van der Waals surface area (Å²) in [5, 5.41) is 0. The molecule has 0 rings (SSSR count). The van der Waals surface area contributed by atoms with E-state index < -0.39 is 0 Å². The maximum Gasteiger partial charge on any atom is 2.00 e. The number of hydrogen-bond donors (Lipinski definition) is 0. The van der Waals surface area contributed by atoms with E-state index in [4.69, 9.17) is 0 Å². The minimum absolute atomic E-state index is 0. The molecule has 0 amide bonds. The van der Waals surface area contributed by atoms with Crippen LogP contribution in [0, 0.1) is 0 Å². The quantitative estimate of drug-likeness (QED) is 0.421. The summed E-state index contributed by atoms with van der Waals surface area (Å²) in [6, 6.07) is 0. The molecule has 0 bridgehead atoms. The molecule has 0 fully saturated rings. The monoisotopic (exact) mass is 304 g/mol. The van der Waals surface area contributed by atoms with Crippen molar-refractivity contribution >= 4 is 7.92 Å². The van der Waals surface area contributed by atoms with Crippen molar-refractivity contribution in [2.45, 2.75) is 59.3 Å². The first-order valence-corrected chi connectivity index (χ1v) is 7.97. The second-order valence-electron chi connectivity index (χ2n) is 3.90. The molecule has 0 aliphatic carbocycles. The van der Waals surface area contributed by atoms with Crippen LogP contribution in [0.1, 0.15) is 59.3 Å². The summed E-state index contributed by atoms with van der Waals surface area (Å²) >= 11 is 0. The molecule has 0 aromatic heterocycles. The van der Waals surface area contributed by atoms with Gasteiger partial charge >= 0.3 is 19.5 Å². The molecule has 0 nitrogen and oxygen atoms in total. The second-order valence-corrected chi connectivity index (χ2v) is 6.59. The Morgan fingerprint density at radius 1 is 0.643 bits per heavy atom. The zero-order valence-electron chi connectivity index (χ0n) is 10.2. The summed E-state index contributed by atoms with van der Waals surface area (Å²) in [6.45, 7) is 6.94. The molecule has 0 saturated carbocycles. The van der Waals surface area contributed by atoms with Crippen molar-refractivity contribution < 1.29 is 19.5 Å². The van der Waals surface area contributed by atoms with Gasteiger partial charge < -0.3 is 0 Å². The van der Waals surface area contributed by atoms with E-state index in [1.54, 1.807) is 18.5 Å². The Balaban J connectivity index is 0. The smallest absolute Gasteiger partial charge is 0.107 e. The normalized spacial score (nSPS) is 10.3. The van der Waals surface area contributed by atoms with E-state index in [2.05, 4.69) is 20.8 Å². The van der Waals surface area contributed by atoms with Crippen molar-refractivity contribution in [2.75, 3.05) is 18.5 Å². The minimum atomic E-state index is 0. The van der Waals surface area contributed by atoms with E-state index in [9.17, 15) is 0 Å². The third-order valence-electron chi connectivity index (χ3n) is 2.48. The van der Waals surface area contributed by atoms with Gasteiger partial charge in [-0.2, -0.15) is 0 Å². The summed E-state index contributed by atoms with van der Waals surface area (Å²) in [4.78, 5) is 0. The molecule has 0 heterocycles. The number of hydrogen-bond acceptors (Lipinski definition) is 0. The molecule has 14 heavy (non-hydrogen) atoms. The first-order valence-electron chi connectivity index (χ1n) is 6.07. The van der Waals surface area contributed by atoms with Crippen LogP contribution in [0.2, 0.25) is 0 Å². The molecule has 0 N–H and O–H groups in total. The third kappa shape index (κ3) is 11.1. The largest absolute Gasteiger partial charge is 2.00 e. The van der Waals surface area contributed by atoms with Crippen LogP contribution < -0.4 is 0 Å². The molecule has 0 aromatic carbocycles. The standard InChI is InChI=1S/C12H27P.Ru/c1-4-7-10-13(11-8-5-2)12-9-6-3;/h4-12H2,1-3H3;/q;+2. The Hall–Kier alpha value is 1.05. The summed E-state index contributed by atoms with van der Waals surface area (Å²) in [5.74, 6) is 0. The molecule has 0 radical (unpaired) electrons. The average Bonchev–Trinajstić information content (AvgIpc) is 2.17. The Labute approximate surface area is 105 Å². The Kier molecular flexibility index (Phi) is 17.5. The first kappa shape index (κ1) is 17.4. The van der Waals surface area contributed by atoms with E-state index in [0.29, 0.717) is 7.92 Å². The molecule has 2 heteroatoms. The zero-order chi connectivity index (χ0) is 9.94. The van der Waals surface area contributed by atoms with Crippen LogP contribution in [-0.2, 0) is 19.5 Å². The molecule has 0 aliphatic rings. The fourth-order valence-electron chi connectivity index (χ4n) is 1.48. The molecule has 86 valence electrons. The molecule has 0 aliphatic heterocycles. The topological polar surface area (TPSA) is 0 Å². The van der Waals surface area contributed by atoms with Gasteiger partial charge in [0.1, 0.15) is 0 Å². The summed E-state index contributed by atoms with van der Waals surface area (Å²) in [7, 11) is 0.422. The van der Waals surface area contributed by atoms with Crippen molar-refractivity contribution in [3.63, 3.8) is 0 Å². The predicted octanol–water partition coefficient (Wildman–Crippen LogP) is 4.87. The predicted molar refractivity (Wildman–Crippen MR) is 66.2 cm³/mol. The zero-order valence-corrected chi connectivity index (χ0v) is 12.8. The van der Waals surface area contributed by atoms with Gasteiger partial charge in [0.15, 0.2) is 0 Å². The minimum Gasteiger partial charge on any atom is -0.107 e. The van der Waals surface area contributed by atoms with Crippen LogP contribution in [-0.4, -0.2) is 18.5 Å². The van der Waals surface area contributed by atoms with E-state index in [1.165, 1.54) is 38.5 Å². The molecule has 0 atom stereocenters. The van der Waals surface area contributed by atoms with Gasteiger partial charge in [-0.15, -0.1) is 7.92 Å². The summed E-state index contributed by atoms with van der Waals surface area (Å²) in [5.41, 5.74) is 0. The molecule has 0 aromatic rings. The third-order valence-corrected chi connectivity index (χ3v) is 5.33. The Morgan fingerprint density at radius 3 is 1.14 bits per heavy atom. The van der Waals surface area contributed by atoms with Gasteiger partial charge in [0, 0.05) is 0 Å². The van der Waals surface area contributed by atoms with Crippen LogP contribution in [0.5, 0.6) is 0 Å². The summed E-state index contributed by atoms with van der Waals surface area (Å²) in [6.07, 6.45) is 13.2. The van der Waals surface area contributed by atoms with E-state index >= 15 is 0 Å². The Morgan fingerprint density at radius 2 is 0.929 bits per heavy atom. The fraction of sp³-hybridized carbons (Fsp3) is 1.00. The van der Waals surface area contributed by atoms with E-state index in [0.717, 1.165) is 0 Å². The van der Waals surface area contributed by atoms with Gasteiger partial charge in [0.2, 0.25) is 0 Å². The van der Waals surface area contributed by atoms with Gasteiger partial charge in [-0.25, -0.2) is 0 Å². The molecule has 0 unspecified atom stereocenters. The van der Waals surface area contributed by atoms with Crippen molar-refractivity contribution in [1.29, 1.82) is 0 Å². The summed E-state index contributed by atoms with van der Waals surface area (Å²) < 4.78 is 0. The van der Waals surface area contributed by atoms with Gasteiger partial charge in [-0.1, -0.05) is 40.0 Å². The maximum atomic E-state index is 2.31. The van der Waals surface area contributed by atoms with Crippen molar-refractivity contribution in [3.05, 3.63) is 0 Å². The van der Waals surface area contributed by atoms with Gasteiger partial charge in [-0.3, -0.25) is 0 Å². The molecule has 0 spiro atoms. The van der Waals surface area contributed by atoms with Crippen LogP contribution in [0.25, 0.3) is 0 Å². The van der Waals surface area contributed by atoms with E-state index in [1.807, 2.05) is 0 Å². The van der Waals surface area contributed by atoms with Crippen LogP contribution in [0.4, 0.5) is 0 Å². The van der Waals surface area contributed by atoms with Gasteiger partial charge in [0.05, 0.1) is 0 Å². The number of unbranched alkanes of at least 4 members (excludes halogenated alkanes) is 3. The first-order chi connectivity index (χ1) is 6.35. The average molecular weight is 303 g/mol. The van der Waals surface area contributed by atoms with Crippen molar-refractivity contribution in [1.82, 2.24) is 0 Å².